The Morgan fingerprint density at radius 3 is 2.50 bits per heavy atom. The van der Waals surface area contributed by atoms with Crippen LogP contribution < -0.4 is 4.90 Å². The second kappa shape index (κ2) is 4.73. The number of sulfone groups is 1. The number of rotatable bonds is 3. The van der Waals surface area contributed by atoms with E-state index in [1.54, 1.807) is 6.07 Å². The van der Waals surface area contributed by atoms with E-state index in [9.17, 15) is 13.2 Å². The highest BCUT2D eigenvalue weighted by atomic mass is 32.2. The molecule has 0 spiro atoms. The van der Waals surface area contributed by atoms with Crippen molar-refractivity contribution >= 4 is 21.6 Å². The Morgan fingerprint density at radius 1 is 1.25 bits per heavy atom. The molecule has 1 saturated carbocycles. The van der Waals surface area contributed by atoms with Crippen molar-refractivity contribution in [3.05, 3.63) is 18.3 Å². The first-order valence-corrected chi connectivity index (χ1v) is 8.55. The number of carbonyl (C=O) groups is 1. The largest absolute Gasteiger partial charge is 0.346 e. The molecule has 2 fully saturated rings. The molecule has 0 aromatic carbocycles. The lowest BCUT2D eigenvalue weighted by atomic mass is 10.3. The number of piperazine rings is 1. The summed E-state index contributed by atoms with van der Waals surface area (Å²) in [6.45, 7) is 1.79. The summed E-state index contributed by atoms with van der Waals surface area (Å²) in [6, 6.07) is 3.65. The lowest BCUT2D eigenvalue weighted by molar-refractivity contribution is -0.131. The van der Waals surface area contributed by atoms with Crippen molar-refractivity contribution in [1.29, 1.82) is 0 Å². The molecule has 0 bridgehead atoms. The van der Waals surface area contributed by atoms with Gasteiger partial charge in [0, 0.05) is 31.6 Å². The zero-order chi connectivity index (χ0) is 14.3. The summed E-state index contributed by atoms with van der Waals surface area (Å²) in [6.07, 6.45) is 4.74. The van der Waals surface area contributed by atoms with Gasteiger partial charge in [0.15, 0.2) is 9.84 Å². The molecular formula is C13H17N3O3S. The first kappa shape index (κ1) is 13.4. The number of aromatic nitrogens is 1. The molecule has 0 atom stereocenters. The molecule has 0 unspecified atom stereocenters. The van der Waals surface area contributed by atoms with E-state index in [0.717, 1.165) is 32.2 Å². The molecule has 1 amide bonds. The van der Waals surface area contributed by atoms with E-state index in [1.165, 1.54) is 12.3 Å². The molecule has 108 valence electrons. The summed E-state index contributed by atoms with van der Waals surface area (Å²) in [7, 11) is -3.23. The van der Waals surface area contributed by atoms with Gasteiger partial charge < -0.3 is 9.80 Å². The predicted molar refractivity (Wildman–Crippen MR) is 74.3 cm³/mol. The Bertz CT molecular complexity index is 623. The van der Waals surface area contributed by atoms with Crippen LogP contribution >= 0.6 is 0 Å². The fraction of sp³-hybridized carbons (Fsp3) is 0.538. The lowest BCUT2D eigenvalue weighted by Gasteiger charge is -2.35. The minimum atomic E-state index is -3.23. The predicted octanol–water partition coefficient (Wildman–Crippen LogP) is 0.296. The number of pyridine rings is 1. The van der Waals surface area contributed by atoms with Gasteiger partial charge in [0.2, 0.25) is 5.91 Å². The van der Waals surface area contributed by atoms with Gasteiger partial charge in [-0.15, -0.1) is 0 Å². The van der Waals surface area contributed by atoms with Gasteiger partial charge >= 0.3 is 0 Å². The second-order valence-corrected chi connectivity index (χ2v) is 7.38. The van der Waals surface area contributed by atoms with Gasteiger partial charge in [0.05, 0.1) is 11.4 Å². The average molecular weight is 295 g/mol. The number of nitrogens with zero attached hydrogens (tertiary/aromatic N) is 3. The standard InChI is InChI=1S/C13H17N3O3S/c1-20(18,19)11-4-5-12(14-8-11)15-6-7-16(10-2-3-10)13(17)9-15/h4-5,8,10H,2-3,6-7,9H2,1H3. The maximum absolute atomic E-state index is 12.0. The summed E-state index contributed by atoms with van der Waals surface area (Å²) in [4.78, 5) is 20.3. The maximum Gasteiger partial charge on any atom is 0.242 e. The molecule has 7 heteroatoms. The van der Waals surface area contributed by atoms with Crippen LogP contribution in [0.4, 0.5) is 5.82 Å². The molecule has 2 aliphatic rings. The van der Waals surface area contributed by atoms with E-state index >= 15 is 0 Å². The lowest BCUT2D eigenvalue weighted by Crippen LogP contribution is -2.51. The minimum Gasteiger partial charge on any atom is -0.346 e. The molecule has 2 heterocycles. The molecule has 1 aromatic heterocycles. The zero-order valence-corrected chi connectivity index (χ0v) is 12.1. The molecule has 1 aliphatic heterocycles. The molecule has 6 nitrogen and oxygen atoms in total. The molecule has 1 aromatic rings. The highest BCUT2D eigenvalue weighted by Crippen LogP contribution is 2.28. The van der Waals surface area contributed by atoms with Crippen LogP contribution in [0.15, 0.2) is 23.2 Å². The van der Waals surface area contributed by atoms with Gasteiger partial charge in [0.25, 0.3) is 0 Å². The number of hydrogen-bond donors (Lipinski definition) is 0. The monoisotopic (exact) mass is 295 g/mol. The van der Waals surface area contributed by atoms with Crippen LogP contribution in [0.25, 0.3) is 0 Å². The van der Waals surface area contributed by atoms with E-state index in [0.29, 0.717) is 18.4 Å². The van der Waals surface area contributed by atoms with Crippen molar-refractivity contribution in [2.75, 3.05) is 30.8 Å². The van der Waals surface area contributed by atoms with Crippen LogP contribution in [-0.4, -0.2) is 56.1 Å². The topological polar surface area (TPSA) is 70.6 Å². The Balaban J connectivity index is 1.72. The summed E-state index contributed by atoms with van der Waals surface area (Å²) in [5, 5.41) is 0. The zero-order valence-electron chi connectivity index (χ0n) is 11.3. The van der Waals surface area contributed by atoms with Gasteiger partial charge in [-0.2, -0.15) is 0 Å². The van der Waals surface area contributed by atoms with Gasteiger partial charge in [-0.1, -0.05) is 0 Å². The fourth-order valence-corrected chi connectivity index (χ4v) is 2.99. The Morgan fingerprint density at radius 2 is 2.00 bits per heavy atom. The Labute approximate surface area is 118 Å². The maximum atomic E-state index is 12.0. The van der Waals surface area contributed by atoms with Gasteiger partial charge in [-0.3, -0.25) is 4.79 Å². The third kappa shape index (κ3) is 2.63. The SMILES string of the molecule is CS(=O)(=O)c1ccc(N2CCN(C3CC3)C(=O)C2)nc1. The highest BCUT2D eigenvalue weighted by molar-refractivity contribution is 7.90. The summed E-state index contributed by atoms with van der Waals surface area (Å²) >= 11 is 0. The van der Waals surface area contributed by atoms with Crippen LogP contribution in [0, 0.1) is 0 Å². The van der Waals surface area contributed by atoms with Crippen LogP contribution in [0.2, 0.25) is 0 Å². The van der Waals surface area contributed by atoms with Gasteiger partial charge in [0.1, 0.15) is 5.82 Å². The van der Waals surface area contributed by atoms with Crippen LogP contribution in [-0.2, 0) is 14.6 Å². The summed E-state index contributed by atoms with van der Waals surface area (Å²) in [5.41, 5.74) is 0. The van der Waals surface area contributed by atoms with E-state index in [1.807, 2.05) is 9.80 Å². The van der Waals surface area contributed by atoms with E-state index in [4.69, 9.17) is 0 Å². The number of hydrogen-bond acceptors (Lipinski definition) is 5. The fourth-order valence-electron chi connectivity index (χ4n) is 2.43. The van der Waals surface area contributed by atoms with Crippen molar-refractivity contribution < 1.29 is 13.2 Å². The molecular weight excluding hydrogens is 278 g/mol. The van der Waals surface area contributed by atoms with Crippen LogP contribution in [0.5, 0.6) is 0 Å². The molecule has 0 N–H and O–H groups in total. The number of anilines is 1. The van der Waals surface area contributed by atoms with Crippen molar-refractivity contribution in [3.63, 3.8) is 0 Å². The van der Waals surface area contributed by atoms with Gasteiger partial charge in [-0.25, -0.2) is 13.4 Å². The van der Waals surface area contributed by atoms with E-state index < -0.39 is 9.84 Å². The third-order valence-corrected chi connectivity index (χ3v) is 4.82. The number of carbonyl (C=O) groups excluding carboxylic acids is 1. The van der Waals surface area contributed by atoms with Crippen LogP contribution in [0.1, 0.15) is 12.8 Å². The summed E-state index contributed by atoms with van der Waals surface area (Å²) < 4.78 is 22.8. The second-order valence-electron chi connectivity index (χ2n) is 5.36. The average Bonchev–Trinajstić information content (AvgIpc) is 3.22. The molecule has 3 rings (SSSR count). The molecule has 1 aliphatic carbocycles. The Hall–Kier alpha value is -1.63. The highest BCUT2D eigenvalue weighted by Gasteiger charge is 2.35. The van der Waals surface area contributed by atoms with E-state index in [-0.39, 0.29) is 10.8 Å². The quantitative estimate of drug-likeness (QED) is 0.802. The third-order valence-electron chi connectivity index (χ3n) is 3.72. The van der Waals surface area contributed by atoms with Crippen molar-refractivity contribution in [1.82, 2.24) is 9.88 Å². The number of amides is 1. The van der Waals surface area contributed by atoms with E-state index in [2.05, 4.69) is 4.98 Å². The molecule has 0 radical (unpaired) electrons. The first-order valence-electron chi connectivity index (χ1n) is 6.66. The molecule has 1 saturated heterocycles. The summed E-state index contributed by atoms with van der Waals surface area (Å²) in [5.74, 6) is 0.786. The first-order chi connectivity index (χ1) is 9.45. The van der Waals surface area contributed by atoms with Crippen LogP contribution in [0.3, 0.4) is 0 Å². The normalized spacial score (nSPS) is 20.4. The smallest absolute Gasteiger partial charge is 0.242 e. The molecule has 20 heavy (non-hydrogen) atoms. The Kier molecular flexibility index (Phi) is 3.16. The van der Waals surface area contributed by atoms with Crippen molar-refractivity contribution in [3.8, 4) is 0 Å². The van der Waals surface area contributed by atoms with Crippen molar-refractivity contribution in [2.45, 2.75) is 23.8 Å². The minimum absolute atomic E-state index is 0.132. The van der Waals surface area contributed by atoms with Crippen molar-refractivity contribution in [2.24, 2.45) is 0 Å². The van der Waals surface area contributed by atoms with Gasteiger partial charge in [-0.05, 0) is 25.0 Å².